The lowest BCUT2D eigenvalue weighted by Crippen LogP contribution is -2.67. The van der Waals surface area contributed by atoms with E-state index in [2.05, 4.69) is 26.1 Å². The fourth-order valence-corrected chi connectivity index (χ4v) is 8.76. The summed E-state index contributed by atoms with van der Waals surface area (Å²) in [7, 11) is 1.29. The Labute approximate surface area is 306 Å². The minimum atomic E-state index is -1.48. The largest absolute Gasteiger partial charge is 0.477 e. The van der Waals surface area contributed by atoms with Crippen LogP contribution in [0.3, 0.4) is 0 Å². The minimum Gasteiger partial charge on any atom is -0.477 e. The summed E-state index contributed by atoms with van der Waals surface area (Å²) in [6.45, 7) is 0.331. The normalized spacial score (nSPS) is 21.3. The van der Waals surface area contributed by atoms with E-state index in [1.54, 1.807) is 10.3 Å². The zero-order valence-electron chi connectivity index (χ0n) is 27.9. The number of hydrogen-bond acceptors (Lipinski definition) is 13. The standard InChI is InChI=1S/C32H33F2N9O8S2/c1-51-40-22(20-12-53-31(35)39-20)27(45)38-19-10-43-23(30(48)49)13(11-52-28(19)43)7-36-32(50)37-14-4-5-41(8-14)25-18(33)6-16-24(21(25)34)42(15-2-3-15)9-17(26(16)44)29(46)47/h6,9,12,14-15,19,28H,2-5,7-8,10-11H2,1H3,(H2,35,39)(H,38,45)(H,46,47)(H,48,49)(H2,36,37,50)/t14?,19-,28-/m1/s1. The van der Waals surface area contributed by atoms with E-state index >= 15 is 8.78 Å². The molecule has 7 rings (SSSR count). The number of pyridine rings is 1. The summed E-state index contributed by atoms with van der Waals surface area (Å²) in [6, 6.07) is -0.877. The van der Waals surface area contributed by atoms with E-state index in [9.17, 15) is 34.2 Å². The molecule has 280 valence electrons. The van der Waals surface area contributed by atoms with Crippen LogP contribution in [0.15, 0.2) is 38.9 Å². The second kappa shape index (κ2) is 14.2. The van der Waals surface area contributed by atoms with Crippen LogP contribution in [0.1, 0.15) is 41.4 Å². The summed E-state index contributed by atoms with van der Waals surface area (Å²) in [5.41, 5.74) is 4.27. The van der Waals surface area contributed by atoms with Gasteiger partial charge in [-0.2, -0.15) is 0 Å². The number of fused-ring (bicyclic) bond motifs is 2. The van der Waals surface area contributed by atoms with Gasteiger partial charge >= 0.3 is 18.0 Å². The molecule has 3 fully saturated rings. The van der Waals surface area contributed by atoms with Gasteiger partial charge in [-0.3, -0.25) is 9.59 Å². The van der Waals surface area contributed by atoms with Gasteiger partial charge in [0.05, 0.1) is 22.3 Å². The van der Waals surface area contributed by atoms with Crippen LogP contribution in [0.25, 0.3) is 10.9 Å². The van der Waals surface area contributed by atoms with Crippen molar-refractivity contribution >= 4 is 74.4 Å². The maximum absolute atomic E-state index is 16.1. The van der Waals surface area contributed by atoms with Crippen molar-refractivity contribution in [1.82, 2.24) is 30.4 Å². The van der Waals surface area contributed by atoms with Crippen molar-refractivity contribution in [3.63, 3.8) is 0 Å². The predicted octanol–water partition coefficient (Wildman–Crippen LogP) is 1.49. The average Bonchev–Trinajstić information content (AvgIpc) is 3.70. The molecule has 1 saturated carbocycles. The molecule has 7 N–H and O–H groups in total. The van der Waals surface area contributed by atoms with E-state index in [1.165, 1.54) is 28.3 Å². The number of rotatable bonds is 11. The van der Waals surface area contributed by atoms with Crippen LogP contribution < -0.4 is 32.0 Å². The highest BCUT2D eigenvalue weighted by molar-refractivity contribution is 8.00. The molecule has 0 radical (unpaired) electrons. The summed E-state index contributed by atoms with van der Waals surface area (Å²) in [5, 5.41) is 32.7. The van der Waals surface area contributed by atoms with Gasteiger partial charge in [-0.05, 0) is 30.9 Å². The molecular weight excluding hydrogens is 741 g/mol. The van der Waals surface area contributed by atoms with Gasteiger partial charge in [-0.15, -0.1) is 23.1 Å². The summed E-state index contributed by atoms with van der Waals surface area (Å²) in [5.74, 6) is -4.97. The predicted molar refractivity (Wildman–Crippen MR) is 190 cm³/mol. The summed E-state index contributed by atoms with van der Waals surface area (Å²) in [4.78, 5) is 74.7. The molecule has 1 unspecified atom stereocenters. The Kier molecular flexibility index (Phi) is 9.62. The van der Waals surface area contributed by atoms with Crippen LogP contribution in [0.4, 0.5) is 24.4 Å². The molecule has 3 aromatic rings. The zero-order valence-corrected chi connectivity index (χ0v) is 29.6. The smallest absolute Gasteiger partial charge is 0.352 e. The van der Waals surface area contributed by atoms with Gasteiger partial charge in [-0.1, -0.05) is 5.16 Å². The highest BCUT2D eigenvalue weighted by atomic mass is 32.2. The molecule has 5 heterocycles. The molecule has 0 bridgehead atoms. The van der Waals surface area contributed by atoms with Crippen molar-refractivity contribution < 1.29 is 43.0 Å². The van der Waals surface area contributed by atoms with Crippen molar-refractivity contribution in [3.05, 3.63) is 62.0 Å². The third kappa shape index (κ3) is 6.80. The number of carboxylic acid groups (broad SMARTS) is 2. The highest BCUT2D eigenvalue weighted by Crippen LogP contribution is 2.41. The number of hydrogen-bond donors (Lipinski definition) is 6. The van der Waals surface area contributed by atoms with Crippen LogP contribution in [-0.2, 0) is 14.4 Å². The maximum atomic E-state index is 16.1. The molecule has 2 saturated heterocycles. The molecule has 17 nitrogen and oxygen atoms in total. The number of thioether (sulfide) groups is 1. The van der Waals surface area contributed by atoms with Crippen LogP contribution in [0.5, 0.6) is 0 Å². The van der Waals surface area contributed by atoms with Crippen LogP contribution in [0, 0.1) is 11.6 Å². The summed E-state index contributed by atoms with van der Waals surface area (Å²) in [6.07, 6.45) is 2.77. The number of nitrogens with zero attached hydrogens (tertiary/aromatic N) is 5. The molecule has 1 aromatic carbocycles. The number of carbonyl (C=O) groups excluding carboxylic acids is 2. The number of benzene rings is 1. The van der Waals surface area contributed by atoms with Gasteiger partial charge < -0.3 is 51.1 Å². The fourth-order valence-electron chi connectivity index (χ4n) is 6.84. The SMILES string of the molecule is CON=C(C(=O)N[C@@H]1CN2C(C(=O)O)=C(CNC(=O)NC3CCN(c4c(F)cc5c(=O)c(C(=O)O)cn(C6CC6)c5c4F)C3)CS[C@H]12)c1csc(N)n1. The third-order valence-electron chi connectivity index (χ3n) is 9.43. The molecule has 3 aliphatic heterocycles. The van der Waals surface area contributed by atoms with Gasteiger partial charge in [0.1, 0.15) is 35.6 Å². The topological polar surface area (TPSA) is 234 Å². The Bertz CT molecular complexity index is 2170. The molecule has 3 amide bonds. The molecule has 1 aliphatic carbocycles. The molecule has 21 heteroatoms. The molecule has 2 aromatic heterocycles. The molecule has 53 heavy (non-hydrogen) atoms. The second-order valence-corrected chi connectivity index (χ2v) is 14.9. The van der Waals surface area contributed by atoms with Crippen molar-refractivity contribution in [2.45, 2.75) is 42.8 Å². The fraction of sp³-hybridized carbons (Fsp3) is 0.406. The number of aromatic carboxylic acids is 1. The lowest BCUT2D eigenvalue weighted by Gasteiger charge is -2.52. The first-order valence-corrected chi connectivity index (χ1v) is 18.4. The number of nitrogens with two attached hydrogens (primary N) is 1. The number of nitrogen functional groups attached to an aromatic ring is 1. The number of aliphatic carboxylic acids is 1. The zero-order chi connectivity index (χ0) is 37.7. The minimum absolute atomic E-state index is 0.0204. The van der Waals surface area contributed by atoms with Gasteiger partial charge in [0.25, 0.3) is 5.91 Å². The van der Waals surface area contributed by atoms with Gasteiger partial charge in [-0.25, -0.2) is 28.1 Å². The first kappa shape index (κ1) is 35.9. The first-order valence-electron chi connectivity index (χ1n) is 16.4. The van der Waals surface area contributed by atoms with Crippen molar-refractivity contribution in [2.24, 2.45) is 5.16 Å². The Morgan fingerprint density at radius 3 is 2.57 bits per heavy atom. The monoisotopic (exact) mass is 773 g/mol. The van der Waals surface area contributed by atoms with Crippen LogP contribution in [-0.4, -0.2) is 111 Å². The van der Waals surface area contributed by atoms with E-state index in [1.807, 2.05) is 0 Å². The Hall–Kier alpha value is -5.44. The van der Waals surface area contributed by atoms with Crippen molar-refractivity contribution in [3.8, 4) is 0 Å². The van der Waals surface area contributed by atoms with E-state index in [0.29, 0.717) is 24.8 Å². The Morgan fingerprint density at radius 1 is 1.13 bits per heavy atom. The van der Waals surface area contributed by atoms with Gasteiger partial charge in [0, 0.05) is 55.6 Å². The van der Waals surface area contributed by atoms with Crippen LogP contribution in [0.2, 0.25) is 0 Å². The second-order valence-electron chi connectivity index (χ2n) is 12.9. The number of aromatic nitrogens is 2. The van der Waals surface area contributed by atoms with Crippen molar-refractivity contribution in [2.75, 3.05) is 49.7 Å². The molecule has 0 spiro atoms. The van der Waals surface area contributed by atoms with E-state index in [-0.39, 0.29) is 82.2 Å². The number of halogens is 2. The Morgan fingerprint density at radius 2 is 1.91 bits per heavy atom. The number of carboxylic acids is 2. The number of nitrogens with one attached hydrogen (secondary N) is 3. The van der Waals surface area contributed by atoms with Crippen LogP contribution >= 0.6 is 23.1 Å². The summed E-state index contributed by atoms with van der Waals surface area (Å²) < 4.78 is 32.9. The molecule has 4 aliphatic rings. The number of oxime groups is 1. The van der Waals surface area contributed by atoms with E-state index in [0.717, 1.165) is 23.6 Å². The van der Waals surface area contributed by atoms with Crippen molar-refractivity contribution in [1.29, 1.82) is 0 Å². The molecular formula is C32H33F2N9O8S2. The highest BCUT2D eigenvalue weighted by Gasteiger charge is 2.47. The number of amides is 3. The number of urea groups is 1. The summed E-state index contributed by atoms with van der Waals surface area (Å²) >= 11 is 2.53. The quantitative estimate of drug-likeness (QED) is 0.120. The number of carbonyl (C=O) groups is 4. The van der Waals surface area contributed by atoms with E-state index in [4.69, 9.17) is 10.6 Å². The lowest BCUT2D eigenvalue weighted by molar-refractivity contribution is -0.135. The average molecular weight is 774 g/mol. The lowest BCUT2D eigenvalue weighted by atomic mass is 10.0. The number of anilines is 2. The maximum Gasteiger partial charge on any atom is 0.352 e. The molecule has 3 atom stereocenters. The van der Waals surface area contributed by atoms with Gasteiger partial charge in [0.2, 0.25) is 5.43 Å². The third-order valence-corrected chi connectivity index (χ3v) is 11.5. The van der Waals surface area contributed by atoms with Gasteiger partial charge in [0.15, 0.2) is 16.7 Å². The van der Waals surface area contributed by atoms with E-state index < -0.39 is 58.6 Å². The Balaban J connectivity index is 0.979. The first-order chi connectivity index (χ1) is 25.4. The number of thiazole rings is 1.